The van der Waals surface area contributed by atoms with Gasteiger partial charge < -0.3 is 15.4 Å². The summed E-state index contributed by atoms with van der Waals surface area (Å²) in [6.07, 6.45) is 1.68. The van der Waals surface area contributed by atoms with E-state index in [9.17, 15) is 4.39 Å². The fraction of sp³-hybridized carbons (Fsp3) is 0.158. The second-order valence-corrected chi connectivity index (χ2v) is 5.33. The lowest BCUT2D eigenvalue weighted by atomic mass is 10.2. The van der Waals surface area contributed by atoms with Crippen LogP contribution >= 0.6 is 0 Å². The van der Waals surface area contributed by atoms with Crippen LogP contribution in [0.2, 0.25) is 0 Å². The minimum absolute atomic E-state index is 0.249. The number of nitrogens with zero attached hydrogens (tertiary/aromatic N) is 2. The fourth-order valence-corrected chi connectivity index (χ4v) is 2.25. The molecule has 0 unspecified atom stereocenters. The Morgan fingerprint density at radius 1 is 1.00 bits per heavy atom. The Kier molecular flexibility index (Phi) is 5.41. The van der Waals surface area contributed by atoms with Gasteiger partial charge in [0, 0.05) is 18.4 Å². The molecule has 0 bridgehead atoms. The molecule has 3 rings (SSSR count). The molecule has 0 spiro atoms. The number of ether oxygens (including phenoxy) is 1. The summed E-state index contributed by atoms with van der Waals surface area (Å²) in [6.45, 7) is 3.11. The van der Waals surface area contributed by atoms with Crippen molar-refractivity contribution in [1.29, 1.82) is 0 Å². The number of hydrogen-bond donors (Lipinski definition) is 2. The zero-order chi connectivity index (χ0) is 17.5. The minimum Gasteiger partial charge on any atom is -0.494 e. The molecule has 0 fully saturated rings. The van der Waals surface area contributed by atoms with Crippen molar-refractivity contribution in [2.24, 2.45) is 0 Å². The highest BCUT2D eigenvalue weighted by Gasteiger charge is 2.01. The van der Waals surface area contributed by atoms with Gasteiger partial charge in [-0.15, -0.1) is 0 Å². The quantitative estimate of drug-likeness (QED) is 0.670. The molecular formula is C19H19FN4O. The second-order valence-electron chi connectivity index (χ2n) is 5.33. The standard InChI is InChI=1S/C19H19FN4O/c1-2-25-17-9-7-16(8-10-17)23-18-11-12-21-19(24-18)22-13-14-3-5-15(20)6-4-14/h3-12H,2,13H2,1H3,(H2,21,22,23,24). The zero-order valence-electron chi connectivity index (χ0n) is 13.9. The van der Waals surface area contributed by atoms with E-state index in [1.54, 1.807) is 24.4 Å². The number of rotatable bonds is 7. The average Bonchev–Trinajstić information content (AvgIpc) is 2.64. The number of aromatic nitrogens is 2. The maximum Gasteiger partial charge on any atom is 0.224 e. The van der Waals surface area contributed by atoms with Crippen LogP contribution in [-0.2, 0) is 6.54 Å². The Balaban J connectivity index is 1.61. The van der Waals surface area contributed by atoms with Crippen molar-refractivity contribution in [3.8, 4) is 5.75 Å². The minimum atomic E-state index is -0.249. The topological polar surface area (TPSA) is 59.1 Å². The molecule has 0 radical (unpaired) electrons. The summed E-state index contributed by atoms with van der Waals surface area (Å²) >= 11 is 0. The van der Waals surface area contributed by atoms with Gasteiger partial charge in [0.2, 0.25) is 5.95 Å². The lowest BCUT2D eigenvalue weighted by Crippen LogP contribution is -2.05. The van der Waals surface area contributed by atoms with Crippen LogP contribution in [0.1, 0.15) is 12.5 Å². The maximum absolute atomic E-state index is 12.9. The Morgan fingerprint density at radius 3 is 2.48 bits per heavy atom. The number of halogens is 1. The van der Waals surface area contributed by atoms with Crippen LogP contribution in [0.3, 0.4) is 0 Å². The lowest BCUT2D eigenvalue weighted by Gasteiger charge is -2.09. The van der Waals surface area contributed by atoms with Gasteiger partial charge in [-0.1, -0.05) is 12.1 Å². The number of nitrogens with one attached hydrogen (secondary N) is 2. The molecule has 6 heteroatoms. The van der Waals surface area contributed by atoms with E-state index in [2.05, 4.69) is 20.6 Å². The molecule has 5 nitrogen and oxygen atoms in total. The van der Waals surface area contributed by atoms with Gasteiger partial charge in [-0.25, -0.2) is 9.37 Å². The first-order valence-electron chi connectivity index (χ1n) is 8.04. The molecule has 1 aromatic heterocycles. The van der Waals surface area contributed by atoms with Crippen LogP contribution in [0, 0.1) is 5.82 Å². The van der Waals surface area contributed by atoms with E-state index >= 15 is 0 Å². The molecule has 0 saturated carbocycles. The van der Waals surface area contributed by atoms with Gasteiger partial charge in [-0.3, -0.25) is 0 Å². The van der Waals surface area contributed by atoms with Crippen LogP contribution in [0.5, 0.6) is 5.75 Å². The zero-order valence-corrected chi connectivity index (χ0v) is 13.9. The van der Waals surface area contributed by atoms with Gasteiger partial charge in [-0.2, -0.15) is 4.98 Å². The van der Waals surface area contributed by atoms with Gasteiger partial charge in [0.15, 0.2) is 0 Å². The van der Waals surface area contributed by atoms with Crippen molar-refractivity contribution >= 4 is 17.5 Å². The molecular weight excluding hydrogens is 319 g/mol. The van der Waals surface area contributed by atoms with Crippen LogP contribution in [0.15, 0.2) is 60.8 Å². The third-order valence-electron chi connectivity index (χ3n) is 3.46. The van der Waals surface area contributed by atoms with Crippen molar-refractivity contribution in [3.05, 3.63) is 72.2 Å². The summed E-state index contributed by atoms with van der Waals surface area (Å²) in [5, 5.41) is 6.35. The van der Waals surface area contributed by atoms with E-state index in [-0.39, 0.29) is 5.82 Å². The number of benzene rings is 2. The smallest absolute Gasteiger partial charge is 0.224 e. The summed E-state index contributed by atoms with van der Waals surface area (Å²) in [6, 6.07) is 15.8. The molecule has 25 heavy (non-hydrogen) atoms. The van der Waals surface area contributed by atoms with Crippen LogP contribution in [-0.4, -0.2) is 16.6 Å². The predicted octanol–water partition coefficient (Wildman–Crippen LogP) is 4.37. The van der Waals surface area contributed by atoms with E-state index in [0.29, 0.717) is 24.9 Å². The average molecular weight is 338 g/mol. The molecule has 0 saturated heterocycles. The van der Waals surface area contributed by atoms with Gasteiger partial charge in [0.25, 0.3) is 0 Å². The van der Waals surface area contributed by atoms with Crippen molar-refractivity contribution in [2.45, 2.75) is 13.5 Å². The molecule has 128 valence electrons. The van der Waals surface area contributed by atoms with Crippen LogP contribution in [0.25, 0.3) is 0 Å². The Labute approximate surface area is 145 Å². The van der Waals surface area contributed by atoms with Gasteiger partial charge >= 0.3 is 0 Å². The summed E-state index contributed by atoms with van der Waals surface area (Å²) in [5.41, 5.74) is 1.86. The molecule has 0 aliphatic carbocycles. The largest absolute Gasteiger partial charge is 0.494 e. The molecule has 2 N–H and O–H groups in total. The normalized spacial score (nSPS) is 10.3. The lowest BCUT2D eigenvalue weighted by molar-refractivity contribution is 0.340. The highest BCUT2D eigenvalue weighted by atomic mass is 19.1. The van der Waals surface area contributed by atoms with Gasteiger partial charge in [-0.05, 0) is 55.0 Å². The third kappa shape index (κ3) is 4.91. The van der Waals surface area contributed by atoms with Gasteiger partial charge in [0.1, 0.15) is 17.4 Å². The number of hydrogen-bond acceptors (Lipinski definition) is 5. The van der Waals surface area contributed by atoms with Crippen molar-refractivity contribution in [3.63, 3.8) is 0 Å². The SMILES string of the molecule is CCOc1ccc(Nc2ccnc(NCc3ccc(F)cc3)n2)cc1. The van der Waals surface area contributed by atoms with Crippen LogP contribution in [0.4, 0.5) is 21.8 Å². The summed E-state index contributed by atoms with van der Waals surface area (Å²) < 4.78 is 18.3. The first kappa shape index (κ1) is 16.7. The maximum atomic E-state index is 12.9. The Hall–Kier alpha value is -3.15. The molecule has 0 aliphatic rings. The predicted molar refractivity (Wildman–Crippen MR) is 96.7 cm³/mol. The van der Waals surface area contributed by atoms with E-state index in [0.717, 1.165) is 17.0 Å². The van der Waals surface area contributed by atoms with Crippen molar-refractivity contribution in [1.82, 2.24) is 9.97 Å². The van der Waals surface area contributed by atoms with E-state index in [1.165, 1.54) is 12.1 Å². The van der Waals surface area contributed by atoms with Crippen molar-refractivity contribution in [2.75, 3.05) is 17.2 Å². The summed E-state index contributed by atoms with van der Waals surface area (Å²) in [7, 11) is 0. The van der Waals surface area contributed by atoms with E-state index in [1.807, 2.05) is 31.2 Å². The monoisotopic (exact) mass is 338 g/mol. The van der Waals surface area contributed by atoms with E-state index in [4.69, 9.17) is 4.74 Å². The number of anilines is 3. The molecule has 0 atom stereocenters. The molecule has 1 heterocycles. The first-order chi connectivity index (χ1) is 12.2. The Bertz CT molecular complexity index is 806. The van der Waals surface area contributed by atoms with E-state index < -0.39 is 0 Å². The molecule has 3 aromatic rings. The summed E-state index contributed by atoms with van der Waals surface area (Å²) in [5.74, 6) is 1.76. The fourth-order valence-electron chi connectivity index (χ4n) is 2.25. The molecule has 0 amide bonds. The van der Waals surface area contributed by atoms with Gasteiger partial charge in [0.05, 0.1) is 6.61 Å². The Morgan fingerprint density at radius 2 is 1.76 bits per heavy atom. The molecule has 0 aliphatic heterocycles. The second kappa shape index (κ2) is 8.10. The third-order valence-corrected chi connectivity index (χ3v) is 3.46. The molecule has 2 aromatic carbocycles. The highest BCUT2D eigenvalue weighted by Crippen LogP contribution is 2.19. The van der Waals surface area contributed by atoms with Crippen molar-refractivity contribution < 1.29 is 9.13 Å². The highest BCUT2D eigenvalue weighted by molar-refractivity contribution is 5.57. The van der Waals surface area contributed by atoms with Crippen LogP contribution < -0.4 is 15.4 Å². The summed E-state index contributed by atoms with van der Waals surface area (Å²) in [4.78, 5) is 8.62. The first-order valence-corrected chi connectivity index (χ1v) is 8.04.